The van der Waals surface area contributed by atoms with Crippen molar-refractivity contribution in [3.05, 3.63) is 171 Å². The van der Waals surface area contributed by atoms with Crippen LogP contribution in [0.3, 0.4) is 0 Å². The van der Waals surface area contributed by atoms with E-state index < -0.39 is 0 Å². The number of hydrogen-bond donors (Lipinski definition) is 0. The molecule has 0 aliphatic heterocycles. The van der Waals surface area contributed by atoms with Gasteiger partial charge >= 0.3 is 0 Å². The van der Waals surface area contributed by atoms with Gasteiger partial charge < -0.3 is 0 Å². The normalized spacial score (nSPS) is 14.9. The zero-order chi connectivity index (χ0) is 29.9. The molecule has 0 saturated heterocycles. The van der Waals surface area contributed by atoms with Crippen LogP contribution in [0, 0.1) is 20.8 Å². The molecule has 0 radical (unpaired) electrons. The van der Waals surface area contributed by atoms with E-state index in [1.165, 1.54) is 55.7 Å². The van der Waals surface area contributed by atoms with Crippen LogP contribution in [0.5, 0.6) is 0 Å². The highest BCUT2D eigenvalue weighted by Gasteiger charge is 2.01. The van der Waals surface area contributed by atoms with Crippen molar-refractivity contribution in [1.29, 1.82) is 0 Å². The molecule has 0 bridgehead atoms. The van der Waals surface area contributed by atoms with Crippen molar-refractivity contribution in [2.45, 2.75) is 69.2 Å². The second kappa shape index (κ2) is 19.2. The van der Waals surface area contributed by atoms with Gasteiger partial charge in [-0.3, -0.25) is 0 Å². The van der Waals surface area contributed by atoms with Crippen LogP contribution in [-0.4, -0.2) is 0 Å². The van der Waals surface area contributed by atoms with E-state index in [2.05, 4.69) is 191 Å². The number of allylic oxidation sites excluding steroid dienone is 23. The van der Waals surface area contributed by atoms with Crippen LogP contribution in [0.4, 0.5) is 0 Å². The van der Waals surface area contributed by atoms with Crippen LogP contribution in [-0.2, 0) is 0 Å². The van der Waals surface area contributed by atoms with Gasteiger partial charge in [0.1, 0.15) is 0 Å². The topological polar surface area (TPSA) is 0 Å². The molecule has 1 aromatic rings. The Hall–Kier alpha value is -3.90. The number of aryl methyl sites for hydroxylation is 2. The minimum Gasteiger partial charge on any atom is -0.0764 e. The van der Waals surface area contributed by atoms with Gasteiger partial charge in [0.15, 0.2) is 0 Å². The number of hydrogen-bond acceptors (Lipinski definition) is 0. The first-order valence-electron chi connectivity index (χ1n) is 14.1. The van der Waals surface area contributed by atoms with Gasteiger partial charge in [0.2, 0.25) is 0 Å². The molecule has 0 aromatic heterocycles. The Morgan fingerprint density at radius 1 is 0.425 bits per heavy atom. The predicted octanol–water partition coefficient (Wildman–Crippen LogP) is 12.1. The van der Waals surface area contributed by atoms with Crippen molar-refractivity contribution < 1.29 is 0 Å². The smallest absolute Gasteiger partial charge is 0.0195 e. The molecule has 0 heteroatoms. The summed E-state index contributed by atoms with van der Waals surface area (Å²) in [6.07, 6.45) is 38.3. The summed E-state index contributed by atoms with van der Waals surface area (Å²) in [6, 6.07) is 4.39. The van der Waals surface area contributed by atoms with Crippen LogP contribution in [0.15, 0.2) is 149 Å². The highest BCUT2D eigenvalue weighted by atomic mass is 14.1. The van der Waals surface area contributed by atoms with Crippen LogP contribution >= 0.6 is 0 Å². The SMILES string of the molecule is CC(C)=C/C=C/C(C)=C/C=C/C(C)=C/C=C/C(C)=C/C=C/C=C(C)/C=C/C=C(C)/C=C/c1c(C)ccc(C)c1C. The van der Waals surface area contributed by atoms with Gasteiger partial charge in [-0.15, -0.1) is 0 Å². The fourth-order valence-electron chi connectivity index (χ4n) is 3.58. The molecule has 0 saturated carbocycles. The Bertz CT molecular complexity index is 1340. The monoisotopic (exact) mass is 530 g/mol. The zero-order valence-electron chi connectivity index (χ0n) is 26.5. The van der Waals surface area contributed by atoms with Crippen molar-refractivity contribution in [3.8, 4) is 0 Å². The first-order valence-corrected chi connectivity index (χ1v) is 14.1. The van der Waals surface area contributed by atoms with Crippen LogP contribution < -0.4 is 0 Å². The fraction of sp³-hybridized carbons (Fsp3) is 0.250. The van der Waals surface area contributed by atoms with Gasteiger partial charge in [-0.1, -0.05) is 155 Å². The van der Waals surface area contributed by atoms with E-state index in [1.807, 2.05) is 0 Å². The molecule has 0 aliphatic carbocycles. The number of benzene rings is 1. The molecule has 0 amide bonds. The molecule has 0 nitrogen and oxygen atoms in total. The predicted molar refractivity (Wildman–Crippen MR) is 184 cm³/mol. The Labute approximate surface area is 246 Å². The molecule has 1 aromatic carbocycles. The third kappa shape index (κ3) is 15.5. The summed E-state index contributed by atoms with van der Waals surface area (Å²) in [5, 5.41) is 0. The summed E-state index contributed by atoms with van der Waals surface area (Å²) in [5.74, 6) is 0. The van der Waals surface area contributed by atoms with Gasteiger partial charge in [0.25, 0.3) is 0 Å². The van der Waals surface area contributed by atoms with Crippen LogP contribution in [0.1, 0.15) is 70.7 Å². The van der Waals surface area contributed by atoms with E-state index in [1.54, 1.807) is 0 Å². The number of rotatable bonds is 12. The van der Waals surface area contributed by atoms with Crippen molar-refractivity contribution in [1.82, 2.24) is 0 Å². The van der Waals surface area contributed by atoms with E-state index in [0.29, 0.717) is 0 Å². The maximum atomic E-state index is 2.23. The molecule has 0 fully saturated rings. The maximum absolute atomic E-state index is 2.23. The minimum absolute atomic E-state index is 1.20. The van der Waals surface area contributed by atoms with Gasteiger partial charge in [0.05, 0.1) is 0 Å². The summed E-state index contributed by atoms with van der Waals surface area (Å²) in [6.45, 7) is 21.3. The first-order chi connectivity index (χ1) is 19.0. The van der Waals surface area contributed by atoms with E-state index in [0.717, 1.165) is 0 Å². The Morgan fingerprint density at radius 2 is 0.775 bits per heavy atom. The van der Waals surface area contributed by atoms with Crippen molar-refractivity contribution in [2.75, 3.05) is 0 Å². The summed E-state index contributed by atoms with van der Waals surface area (Å²) in [7, 11) is 0. The molecular weight excluding hydrogens is 480 g/mol. The Balaban J connectivity index is 2.63. The molecule has 0 heterocycles. The summed E-state index contributed by atoms with van der Waals surface area (Å²) < 4.78 is 0. The highest BCUT2D eigenvalue weighted by Crippen LogP contribution is 2.19. The summed E-state index contributed by atoms with van der Waals surface area (Å²) >= 11 is 0. The van der Waals surface area contributed by atoms with E-state index in [4.69, 9.17) is 0 Å². The second-order valence-corrected chi connectivity index (χ2v) is 10.7. The third-order valence-electron chi connectivity index (χ3n) is 6.29. The van der Waals surface area contributed by atoms with Crippen molar-refractivity contribution >= 4 is 6.08 Å². The Morgan fingerprint density at radius 3 is 1.20 bits per heavy atom. The van der Waals surface area contributed by atoms with Gasteiger partial charge in [-0.25, -0.2) is 0 Å². The second-order valence-electron chi connectivity index (χ2n) is 10.7. The third-order valence-corrected chi connectivity index (χ3v) is 6.29. The molecule has 0 unspecified atom stereocenters. The molecule has 210 valence electrons. The average molecular weight is 531 g/mol. The molecule has 0 aliphatic rings. The fourth-order valence-corrected chi connectivity index (χ4v) is 3.58. The molecular formula is C40H50. The Kier molecular flexibility index (Phi) is 16.4. The molecule has 0 spiro atoms. The average Bonchev–Trinajstić information content (AvgIpc) is 2.88. The highest BCUT2D eigenvalue weighted by molar-refractivity contribution is 5.61. The summed E-state index contributed by atoms with van der Waals surface area (Å²) in [5.41, 5.74) is 12.7. The summed E-state index contributed by atoms with van der Waals surface area (Å²) in [4.78, 5) is 0. The standard InChI is InChI=1S/C40H50/c1-31(2)17-13-20-34(5)23-15-25-35(6)24-14-21-32(3)18-11-12-19-33(4)22-16-26-36(7)27-30-40-38(9)29-28-37(8)39(40)10/h11-30H,1-10H3/b12-11+,20-13+,21-14+,22-16+,25-15+,30-27+,32-18+,33-19+,34-23+,35-24+,36-26+. The van der Waals surface area contributed by atoms with Gasteiger partial charge in [0, 0.05) is 0 Å². The lowest BCUT2D eigenvalue weighted by Gasteiger charge is -2.08. The maximum Gasteiger partial charge on any atom is -0.0195 e. The quantitative estimate of drug-likeness (QED) is 0.236. The van der Waals surface area contributed by atoms with Crippen LogP contribution in [0.25, 0.3) is 6.08 Å². The van der Waals surface area contributed by atoms with Crippen LogP contribution in [0.2, 0.25) is 0 Å². The van der Waals surface area contributed by atoms with Crippen molar-refractivity contribution in [2.24, 2.45) is 0 Å². The van der Waals surface area contributed by atoms with E-state index in [-0.39, 0.29) is 0 Å². The zero-order valence-corrected chi connectivity index (χ0v) is 26.5. The lowest BCUT2D eigenvalue weighted by atomic mass is 9.97. The van der Waals surface area contributed by atoms with E-state index >= 15 is 0 Å². The minimum atomic E-state index is 1.20. The molecule has 1 rings (SSSR count). The molecule has 40 heavy (non-hydrogen) atoms. The van der Waals surface area contributed by atoms with Gasteiger partial charge in [-0.2, -0.15) is 0 Å². The lowest BCUT2D eigenvalue weighted by molar-refractivity contribution is 1.28. The van der Waals surface area contributed by atoms with E-state index in [9.17, 15) is 0 Å². The van der Waals surface area contributed by atoms with Crippen molar-refractivity contribution in [3.63, 3.8) is 0 Å². The lowest BCUT2D eigenvalue weighted by Crippen LogP contribution is -1.89. The largest absolute Gasteiger partial charge is 0.0764 e. The molecule has 0 N–H and O–H groups in total. The molecule has 0 atom stereocenters. The first kappa shape index (κ1) is 34.1. The van der Waals surface area contributed by atoms with Gasteiger partial charge in [-0.05, 0) is 91.5 Å².